The molecule has 39 heavy (non-hydrogen) atoms. The molecule has 1 fully saturated rings. The van der Waals surface area contributed by atoms with E-state index in [2.05, 4.69) is 15.8 Å². The second-order valence-electron chi connectivity index (χ2n) is 10.2. The minimum Gasteiger partial charge on any atom is -0.481 e. The summed E-state index contributed by atoms with van der Waals surface area (Å²) in [6, 6.07) is 21.4. The van der Waals surface area contributed by atoms with Gasteiger partial charge in [-0.2, -0.15) is 0 Å². The van der Waals surface area contributed by atoms with Gasteiger partial charge in [-0.15, -0.1) is 0 Å². The number of carbonyl (C=O) groups excluding carboxylic acids is 1. The molecule has 1 saturated carbocycles. The van der Waals surface area contributed by atoms with E-state index in [1.54, 1.807) is 6.92 Å². The lowest BCUT2D eigenvalue weighted by Gasteiger charge is -2.16. The standard InChI is InChI=1S/C31H29N3O5/c1-18-26(33-30(37)38-19(2)20-6-4-3-5-7-20)28(39-34-18)25-13-12-23(24-14-17-32-27(24)25)21-8-10-22(11-9-21)31(15-16-31)29(35)36/h3-13,19,32H,14-17H2,1-2H3,(H,33,37)(H,35,36). The molecule has 1 aliphatic carbocycles. The van der Waals surface area contributed by atoms with E-state index < -0.39 is 23.6 Å². The fourth-order valence-electron chi connectivity index (χ4n) is 5.39. The molecule has 2 heterocycles. The van der Waals surface area contributed by atoms with Gasteiger partial charge in [0.25, 0.3) is 0 Å². The fraction of sp³-hybridized carbons (Fsp3) is 0.258. The van der Waals surface area contributed by atoms with Crippen LogP contribution in [0.2, 0.25) is 0 Å². The molecule has 1 amide bonds. The Kier molecular flexibility index (Phi) is 6.10. The number of aliphatic carboxylic acids is 1. The predicted molar refractivity (Wildman–Crippen MR) is 148 cm³/mol. The summed E-state index contributed by atoms with van der Waals surface area (Å²) in [5.41, 5.74) is 7.03. The molecule has 8 nitrogen and oxygen atoms in total. The number of ether oxygens (including phenoxy) is 1. The number of carbonyl (C=O) groups is 2. The molecule has 1 unspecified atom stereocenters. The van der Waals surface area contributed by atoms with Crippen LogP contribution in [-0.4, -0.2) is 28.9 Å². The van der Waals surface area contributed by atoms with Crippen LogP contribution in [0.25, 0.3) is 22.5 Å². The van der Waals surface area contributed by atoms with Crippen molar-refractivity contribution < 1.29 is 24.0 Å². The highest BCUT2D eigenvalue weighted by Gasteiger charge is 2.51. The number of anilines is 2. The second-order valence-corrected chi connectivity index (χ2v) is 10.2. The van der Waals surface area contributed by atoms with Crippen LogP contribution in [0.5, 0.6) is 0 Å². The lowest BCUT2D eigenvalue weighted by atomic mass is 9.91. The Hall–Kier alpha value is -4.59. The van der Waals surface area contributed by atoms with Gasteiger partial charge in [0.15, 0.2) is 5.76 Å². The molecule has 6 rings (SSSR count). The van der Waals surface area contributed by atoms with E-state index >= 15 is 0 Å². The SMILES string of the molecule is Cc1noc(-c2ccc(-c3ccc(C4(C(=O)O)CC4)cc3)c3c2NCC3)c1NC(=O)OC(C)c1ccccc1. The van der Waals surface area contributed by atoms with E-state index in [-0.39, 0.29) is 0 Å². The molecular formula is C31H29N3O5. The largest absolute Gasteiger partial charge is 0.481 e. The van der Waals surface area contributed by atoms with Crippen molar-refractivity contribution in [2.45, 2.75) is 44.6 Å². The summed E-state index contributed by atoms with van der Waals surface area (Å²) in [7, 11) is 0. The number of rotatable bonds is 7. The summed E-state index contributed by atoms with van der Waals surface area (Å²) in [5, 5.41) is 20.1. The third-order valence-corrected chi connectivity index (χ3v) is 7.78. The van der Waals surface area contributed by atoms with Crippen molar-refractivity contribution in [3.63, 3.8) is 0 Å². The average molecular weight is 524 g/mol. The number of hydrogen-bond acceptors (Lipinski definition) is 6. The van der Waals surface area contributed by atoms with Gasteiger partial charge in [-0.3, -0.25) is 10.1 Å². The Morgan fingerprint density at radius 3 is 2.46 bits per heavy atom. The molecule has 0 spiro atoms. The maximum Gasteiger partial charge on any atom is 0.412 e. The van der Waals surface area contributed by atoms with Crippen LogP contribution in [0.1, 0.15) is 48.3 Å². The number of nitrogens with one attached hydrogen (secondary N) is 2. The van der Waals surface area contributed by atoms with Gasteiger partial charge < -0.3 is 19.7 Å². The van der Waals surface area contributed by atoms with Gasteiger partial charge in [0.1, 0.15) is 17.5 Å². The van der Waals surface area contributed by atoms with E-state index in [0.717, 1.165) is 52.0 Å². The highest BCUT2D eigenvalue weighted by atomic mass is 16.6. The number of aryl methyl sites for hydroxylation is 1. The zero-order valence-corrected chi connectivity index (χ0v) is 21.8. The number of carboxylic acids is 1. The maximum absolute atomic E-state index is 12.8. The highest BCUT2D eigenvalue weighted by Crippen LogP contribution is 2.49. The number of aromatic nitrogens is 1. The molecule has 4 aromatic rings. The summed E-state index contributed by atoms with van der Waals surface area (Å²) < 4.78 is 11.3. The van der Waals surface area contributed by atoms with Crippen molar-refractivity contribution in [2.24, 2.45) is 0 Å². The highest BCUT2D eigenvalue weighted by molar-refractivity contribution is 5.95. The Morgan fingerprint density at radius 2 is 1.77 bits per heavy atom. The van der Waals surface area contributed by atoms with E-state index in [4.69, 9.17) is 9.26 Å². The quantitative estimate of drug-likeness (QED) is 0.247. The molecule has 0 saturated heterocycles. The Labute approximate surface area is 226 Å². The van der Waals surface area contributed by atoms with Gasteiger partial charge >= 0.3 is 12.1 Å². The number of hydrogen-bond donors (Lipinski definition) is 3. The Balaban J connectivity index is 1.27. The number of benzene rings is 3. The lowest BCUT2D eigenvalue weighted by Crippen LogP contribution is -2.19. The van der Waals surface area contributed by atoms with Gasteiger partial charge in [0.05, 0.1) is 5.41 Å². The van der Waals surface area contributed by atoms with Gasteiger partial charge in [0.2, 0.25) is 0 Å². The number of carboxylic acid groups (broad SMARTS) is 1. The molecule has 2 aliphatic rings. The van der Waals surface area contributed by atoms with Crippen LogP contribution in [0.4, 0.5) is 16.2 Å². The minimum absolute atomic E-state index is 0.420. The molecular weight excluding hydrogens is 494 g/mol. The zero-order chi connectivity index (χ0) is 27.1. The van der Waals surface area contributed by atoms with Crippen LogP contribution < -0.4 is 10.6 Å². The van der Waals surface area contributed by atoms with Gasteiger partial charge in [-0.25, -0.2) is 4.79 Å². The summed E-state index contributed by atoms with van der Waals surface area (Å²) in [4.78, 5) is 24.5. The molecule has 1 aromatic heterocycles. The van der Waals surface area contributed by atoms with Crippen LogP contribution >= 0.6 is 0 Å². The Bertz CT molecular complexity index is 1560. The molecule has 198 valence electrons. The normalized spacial score (nSPS) is 15.6. The first-order valence-electron chi connectivity index (χ1n) is 13.1. The second kappa shape index (κ2) is 9.62. The van der Waals surface area contributed by atoms with Gasteiger partial charge in [-0.1, -0.05) is 65.8 Å². The summed E-state index contributed by atoms with van der Waals surface area (Å²) in [6.45, 7) is 4.37. The average Bonchev–Trinajstić information content (AvgIpc) is 3.49. The molecule has 1 atom stereocenters. The smallest absolute Gasteiger partial charge is 0.412 e. The zero-order valence-electron chi connectivity index (χ0n) is 21.8. The van der Waals surface area contributed by atoms with Crippen LogP contribution in [0, 0.1) is 6.92 Å². The molecule has 8 heteroatoms. The van der Waals surface area contributed by atoms with E-state index in [1.807, 2.05) is 73.7 Å². The van der Waals surface area contributed by atoms with Gasteiger partial charge in [-0.05, 0) is 67.0 Å². The lowest BCUT2D eigenvalue weighted by molar-refractivity contribution is -0.140. The third-order valence-electron chi connectivity index (χ3n) is 7.78. The predicted octanol–water partition coefficient (Wildman–Crippen LogP) is 6.71. The summed E-state index contributed by atoms with van der Waals surface area (Å²) in [6.07, 6.45) is 1.18. The molecule has 0 radical (unpaired) electrons. The first-order chi connectivity index (χ1) is 18.9. The first-order valence-corrected chi connectivity index (χ1v) is 13.1. The monoisotopic (exact) mass is 523 g/mol. The van der Waals surface area contributed by atoms with Crippen molar-refractivity contribution in [3.05, 3.63) is 89.1 Å². The minimum atomic E-state index is -0.755. The topological polar surface area (TPSA) is 114 Å². The number of nitrogens with zero attached hydrogens (tertiary/aromatic N) is 1. The van der Waals surface area contributed by atoms with Crippen LogP contribution in [0.3, 0.4) is 0 Å². The van der Waals surface area contributed by atoms with Crippen molar-refractivity contribution in [2.75, 3.05) is 17.2 Å². The van der Waals surface area contributed by atoms with Crippen LogP contribution in [0.15, 0.2) is 71.3 Å². The maximum atomic E-state index is 12.8. The number of fused-ring (bicyclic) bond motifs is 1. The number of amides is 1. The van der Waals surface area contributed by atoms with Crippen molar-refractivity contribution in [1.29, 1.82) is 0 Å². The van der Waals surface area contributed by atoms with Crippen molar-refractivity contribution in [3.8, 4) is 22.5 Å². The summed E-state index contributed by atoms with van der Waals surface area (Å²) >= 11 is 0. The molecule has 0 bridgehead atoms. The van der Waals surface area contributed by atoms with E-state index in [0.29, 0.717) is 30.0 Å². The van der Waals surface area contributed by atoms with Gasteiger partial charge in [0, 0.05) is 17.8 Å². The van der Waals surface area contributed by atoms with Crippen molar-refractivity contribution in [1.82, 2.24) is 5.16 Å². The summed E-state index contributed by atoms with van der Waals surface area (Å²) in [5.74, 6) is -0.295. The molecule has 3 aromatic carbocycles. The van der Waals surface area contributed by atoms with E-state index in [9.17, 15) is 14.7 Å². The van der Waals surface area contributed by atoms with E-state index in [1.165, 1.54) is 0 Å². The third kappa shape index (κ3) is 4.41. The van der Waals surface area contributed by atoms with Crippen LogP contribution in [-0.2, 0) is 21.4 Å². The van der Waals surface area contributed by atoms with Crippen molar-refractivity contribution >= 4 is 23.4 Å². The molecule has 1 aliphatic heterocycles. The first kappa shape index (κ1) is 24.7. The molecule has 3 N–H and O–H groups in total. The fourth-order valence-corrected chi connectivity index (χ4v) is 5.39. The Morgan fingerprint density at radius 1 is 1.05 bits per heavy atom.